The van der Waals surface area contributed by atoms with Crippen LogP contribution < -0.4 is 4.90 Å². The van der Waals surface area contributed by atoms with E-state index in [1.54, 1.807) is 6.07 Å². The summed E-state index contributed by atoms with van der Waals surface area (Å²) in [4.78, 5) is 10.8. The number of nitrogens with zero attached hydrogens (tertiary/aromatic N) is 3. The van der Waals surface area contributed by atoms with Gasteiger partial charge in [0.1, 0.15) is 5.82 Å². The van der Waals surface area contributed by atoms with Crippen molar-refractivity contribution in [1.82, 2.24) is 9.97 Å². The highest BCUT2D eigenvalue weighted by Crippen LogP contribution is 2.22. The molecule has 0 aliphatic heterocycles. The molecule has 0 N–H and O–H groups in total. The van der Waals surface area contributed by atoms with Gasteiger partial charge in [0, 0.05) is 41.7 Å². The molecular formula is C19H17Cl2N3. The maximum atomic E-state index is 6.29. The molecule has 0 bridgehead atoms. The zero-order valence-corrected chi connectivity index (χ0v) is 14.6. The fourth-order valence-electron chi connectivity index (χ4n) is 2.50. The van der Waals surface area contributed by atoms with Gasteiger partial charge in [-0.25, -0.2) is 4.98 Å². The van der Waals surface area contributed by atoms with Crippen LogP contribution >= 0.6 is 23.2 Å². The van der Waals surface area contributed by atoms with E-state index in [4.69, 9.17) is 23.2 Å². The number of anilines is 1. The molecule has 3 nitrogen and oxygen atoms in total. The van der Waals surface area contributed by atoms with E-state index in [2.05, 4.69) is 14.9 Å². The molecule has 0 unspecified atom stereocenters. The highest BCUT2D eigenvalue weighted by Gasteiger charge is 2.10. The Hall–Kier alpha value is -2.10. The second-order valence-electron chi connectivity index (χ2n) is 5.45. The summed E-state index contributed by atoms with van der Waals surface area (Å²) in [6.45, 7) is 1.57. The number of hydrogen-bond acceptors (Lipinski definition) is 3. The van der Waals surface area contributed by atoms with E-state index in [-0.39, 0.29) is 0 Å². The van der Waals surface area contributed by atoms with Gasteiger partial charge in [0.25, 0.3) is 0 Å². The van der Waals surface area contributed by atoms with Gasteiger partial charge in [-0.2, -0.15) is 0 Å². The van der Waals surface area contributed by atoms with Crippen LogP contribution in [0, 0.1) is 0 Å². The molecule has 0 spiro atoms. The van der Waals surface area contributed by atoms with Crippen LogP contribution in [0.5, 0.6) is 0 Å². The van der Waals surface area contributed by atoms with E-state index >= 15 is 0 Å². The van der Waals surface area contributed by atoms with Crippen molar-refractivity contribution < 1.29 is 0 Å². The molecule has 3 rings (SSSR count). The van der Waals surface area contributed by atoms with Crippen molar-refractivity contribution in [2.75, 3.05) is 11.4 Å². The van der Waals surface area contributed by atoms with Crippen LogP contribution in [0.15, 0.2) is 67.1 Å². The number of pyridine rings is 2. The Labute approximate surface area is 151 Å². The summed E-state index contributed by atoms with van der Waals surface area (Å²) >= 11 is 12.3. The van der Waals surface area contributed by atoms with Gasteiger partial charge in [-0.1, -0.05) is 35.3 Å². The molecule has 0 saturated heterocycles. The first kappa shape index (κ1) is 16.7. The zero-order valence-electron chi connectivity index (χ0n) is 13.1. The number of benzene rings is 1. The lowest BCUT2D eigenvalue weighted by molar-refractivity contribution is 0.768. The molecule has 0 aliphatic rings. The van der Waals surface area contributed by atoms with Crippen LogP contribution in [0.3, 0.4) is 0 Å². The van der Waals surface area contributed by atoms with Gasteiger partial charge >= 0.3 is 0 Å². The average Bonchev–Trinajstić information content (AvgIpc) is 2.61. The Morgan fingerprint density at radius 2 is 1.75 bits per heavy atom. The standard InChI is InChI=1S/C19H17Cl2N3/c20-17-5-4-16(18(21)13-17)8-12-24(19-3-1-2-9-23-19)14-15-6-10-22-11-7-15/h1-7,9-11,13H,8,12,14H2. The Balaban J connectivity index is 1.77. The highest BCUT2D eigenvalue weighted by molar-refractivity contribution is 6.35. The van der Waals surface area contributed by atoms with Crippen LogP contribution in [0.1, 0.15) is 11.1 Å². The summed E-state index contributed by atoms with van der Waals surface area (Å²) < 4.78 is 0. The van der Waals surface area contributed by atoms with E-state index in [1.807, 2.05) is 61.1 Å². The van der Waals surface area contributed by atoms with Crippen molar-refractivity contribution in [3.63, 3.8) is 0 Å². The summed E-state index contributed by atoms with van der Waals surface area (Å²) in [5.74, 6) is 0.944. The lowest BCUT2D eigenvalue weighted by atomic mass is 10.1. The van der Waals surface area contributed by atoms with Crippen LogP contribution in [0.25, 0.3) is 0 Å². The van der Waals surface area contributed by atoms with E-state index in [9.17, 15) is 0 Å². The van der Waals surface area contributed by atoms with Crippen molar-refractivity contribution in [3.8, 4) is 0 Å². The fraction of sp³-hybridized carbons (Fsp3) is 0.158. The van der Waals surface area contributed by atoms with E-state index in [1.165, 1.54) is 5.56 Å². The molecule has 0 atom stereocenters. The summed E-state index contributed by atoms with van der Waals surface area (Å²) in [7, 11) is 0. The summed E-state index contributed by atoms with van der Waals surface area (Å²) in [6.07, 6.45) is 6.24. The molecule has 0 saturated carbocycles. The second kappa shape index (κ2) is 8.13. The molecule has 122 valence electrons. The minimum absolute atomic E-state index is 0.655. The van der Waals surface area contributed by atoms with E-state index < -0.39 is 0 Å². The quantitative estimate of drug-likeness (QED) is 0.619. The summed E-state index contributed by atoms with van der Waals surface area (Å²) in [5.41, 5.74) is 2.27. The van der Waals surface area contributed by atoms with Crippen molar-refractivity contribution in [2.24, 2.45) is 0 Å². The molecule has 3 aromatic rings. The number of aromatic nitrogens is 2. The van der Waals surface area contributed by atoms with Crippen LogP contribution in [0.4, 0.5) is 5.82 Å². The minimum Gasteiger partial charge on any atom is -0.352 e. The van der Waals surface area contributed by atoms with E-state index in [0.29, 0.717) is 10.0 Å². The molecule has 1 aromatic carbocycles. The predicted molar refractivity (Wildman–Crippen MR) is 99.7 cm³/mol. The number of hydrogen-bond donors (Lipinski definition) is 0. The van der Waals surface area contributed by atoms with Gasteiger partial charge in [-0.3, -0.25) is 4.98 Å². The average molecular weight is 358 g/mol. The molecule has 0 radical (unpaired) electrons. The maximum Gasteiger partial charge on any atom is 0.128 e. The van der Waals surface area contributed by atoms with Gasteiger partial charge < -0.3 is 4.90 Å². The molecule has 0 aliphatic carbocycles. The van der Waals surface area contributed by atoms with Gasteiger partial charge in [-0.05, 0) is 53.9 Å². The summed E-state index contributed by atoms with van der Waals surface area (Å²) in [5, 5.41) is 1.36. The lowest BCUT2D eigenvalue weighted by Gasteiger charge is -2.24. The minimum atomic E-state index is 0.655. The van der Waals surface area contributed by atoms with Gasteiger partial charge in [0.2, 0.25) is 0 Å². The van der Waals surface area contributed by atoms with Gasteiger partial charge in [0.15, 0.2) is 0 Å². The van der Waals surface area contributed by atoms with Crippen LogP contribution in [-0.4, -0.2) is 16.5 Å². The van der Waals surface area contributed by atoms with Crippen LogP contribution in [0.2, 0.25) is 10.0 Å². The smallest absolute Gasteiger partial charge is 0.128 e. The molecule has 2 heterocycles. The third-order valence-electron chi connectivity index (χ3n) is 3.76. The van der Waals surface area contributed by atoms with Crippen molar-refractivity contribution in [1.29, 1.82) is 0 Å². The molecular weight excluding hydrogens is 341 g/mol. The molecule has 5 heteroatoms. The van der Waals surface area contributed by atoms with E-state index in [0.717, 1.165) is 30.9 Å². The molecule has 2 aromatic heterocycles. The Bertz CT molecular complexity index is 779. The monoisotopic (exact) mass is 357 g/mol. The Morgan fingerprint density at radius 3 is 2.46 bits per heavy atom. The second-order valence-corrected chi connectivity index (χ2v) is 6.29. The summed E-state index contributed by atoms with van der Waals surface area (Å²) in [6, 6.07) is 15.6. The third kappa shape index (κ3) is 4.47. The molecule has 24 heavy (non-hydrogen) atoms. The van der Waals surface area contributed by atoms with Crippen molar-refractivity contribution in [3.05, 3.63) is 88.3 Å². The maximum absolute atomic E-state index is 6.29. The van der Waals surface area contributed by atoms with Gasteiger partial charge in [0.05, 0.1) is 0 Å². The largest absolute Gasteiger partial charge is 0.352 e. The first-order chi connectivity index (χ1) is 11.7. The fourth-order valence-corrected chi connectivity index (χ4v) is 3.01. The normalized spacial score (nSPS) is 10.6. The molecule has 0 amide bonds. The topological polar surface area (TPSA) is 29.0 Å². The van der Waals surface area contributed by atoms with Gasteiger partial charge in [-0.15, -0.1) is 0 Å². The predicted octanol–water partition coefficient (Wildman–Crippen LogP) is 5.03. The zero-order chi connectivity index (χ0) is 16.8. The SMILES string of the molecule is Clc1ccc(CCN(Cc2ccncc2)c2ccccn2)c(Cl)c1. The van der Waals surface area contributed by atoms with Crippen molar-refractivity contribution >= 4 is 29.0 Å². The van der Waals surface area contributed by atoms with Crippen molar-refractivity contribution in [2.45, 2.75) is 13.0 Å². The third-order valence-corrected chi connectivity index (χ3v) is 4.35. The highest BCUT2D eigenvalue weighted by atomic mass is 35.5. The lowest BCUT2D eigenvalue weighted by Crippen LogP contribution is -2.26. The molecule has 0 fully saturated rings. The number of halogens is 2. The Morgan fingerprint density at radius 1 is 0.917 bits per heavy atom. The Kier molecular flexibility index (Phi) is 5.68. The van der Waals surface area contributed by atoms with Crippen LogP contribution in [-0.2, 0) is 13.0 Å². The first-order valence-electron chi connectivity index (χ1n) is 7.71. The number of rotatable bonds is 6. The first-order valence-corrected chi connectivity index (χ1v) is 8.47.